The molecular weight excluding hydrogens is 438 g/mol. The van der Waals surface area contributed by atoms with Gasteiger partial charge in [-0.15, -0.1) is 0 Å². The van der Waals surface area contributed by atoms with Crippen molar-refractivity contribution in [3.63, 3.8) is 0 Å². The number of ether oxygens (including phenoxy) is 2. The number of phenols is 2. The van der Waals surface area contributed by atoms with Crippen LogP contribution in [-0.2, 0) is 0 Å². The SMILES string of the molecule is COc1ccc(C=CC2=CC(c3ccc(OC)c(O)c3)N(c3ccc([N+](=O)[O-])cc3)N2)cc1O. The highest BCUT2D eigenvalue weighted by molar-refractivity contribution is 5.61. The lowest BCUT2D eigenvalue weighted by atomic mass is 10.0. The van der Waals surface area contributed by atoms with Gasteiger partial charge in [-0.2, -0.15) is 0 Å². The zero-order valence-corrected chi connectivity index (χ0v) is 18.5. The fourth-order valence-electron chi connectivity index (χ4n) is 3.68. The first-order valence-electron chi connectivity index (χ1n) is 10.3. The molecule has 1 aliphatic rings. The van der Waals surface area contributed by atoms with Gasteiger partial charge in [0.25, 0.3) is 5.69 Å². The van der Waals surface area contributed by atoms with Crippen LogP contribution in [0.15, 0.2) is 78.5 Å². The molecule has 1 unspecified atom stereocenters. The van der Waals surface area contributed by atoms with Crippen molar-refractivity contribution in [2.45, 2.75) is 6.04 Å². The average molecular weight is 461 g/mol. The number of hydrogen-bond donors (Lipinski definition) is 3. The Morgan fingerprint density at radius 1 is 0.941 bits per heavy atom. The Labute approximate surface area is 195 Å². The van der Waals surface area contributed by atoms with Crippen LogP contribution in [0.5, 0.6) is 23.0 Å². The summed E-state index contributed by atoms with van der Waals surface area (Å²) in [6.07, 6.45) is 5.64. The first-order chi connectivity index (χ1) is 16.4. The molecule has 0 amide bonds. The van der Waals surface area contributed by atoms with E-state index in [0.717, 1.165) is 16.8 Å². The van der Waals surface area contributed by atoms with Crippen LogP contribution in [0.25, 0.3) is 6.08 Å². The first kappa shape index (κ1) is 22.5. The number of nitrogens with zero attached hydrogens (tertiary/aromatic N) is 2. The van der Waals surface area contributed by atoms with Gasteiger partial charge in [-0.25, -0.2) is 0 Å². The minimum Gasteiger partial charge on any atom is -0.504 e. The fraction of sp³-hybridized carbons (Fsp3) is 0.120. The van der Waals surface area contributed by atoms with Gasteiger partial charge >= 0.3 is 0 Å². The zero-order valence-electron chi connectivity index (χ0n) is 18.5. The molecule has 9 heteroatoms. The van der Waals surface area contributed by atoms with Gasteiger partial charge in [0.15, 0.2) is 23.0 Å². The standard InChI is InChI=1S/C25H23N3O6/c1-33-24-11-4-16(13-22(24)29)3-6-18-15-21(17-5-12-25(34-2)23(30)14-17)27(26-18)19-7-9-20(10-8-19)28(31)32/h3-15,21,26,29-30H,1-2H3. The van der Waals surface area contributed by atoms with Crippen molar-refractivity contribution in [2.75, 3.05) is 19.2 Å². The third kappa shape index (κ3) is 4.58. The topological polar surface area (TPSA) is 117 Å². The summed E-state index contributed by atoms with van der Waals surface area (Å²) in [5.41, 5.74) is 6.31. The van der Waals surface area contributed by atoms with E-state index in [0.29, 0.717) is 17.2 Å². The number of aromatic hydroxyl groups is 2. The second kappa shape index (κ2) is 9.45. The summed E-state index contributed by atoms with van der Waals surface area (Å²) in [7, 11) is 2.97. The van der Waals surface area contributed by atoms with Crippen molar-refractivity contribution >= 4 is 17.5 Å². The van der Waals surface area contributed by atoms with E-state index in [-0.39, 0.29) is 23.2 Å². The number of non-ortho nitro benzene ring substituents is 1. The summed E-state index contributed by atoms with van der Waals surface area (Å²) in [4.78, 5) is 10.6. The lowest BCUT2D eigenvalue weighted by Gasteiger charge is -2.27. The van der Waals surface area contributed by atoms with Crippen molar-refractivity contribution in [3.8, 4) is 23.0 Å². The average Bonchev–Trinajstić information content (AvgIpc) is 3.27. The number of benzene rings is 3. The molecular formula is C25H23N3O6. The molecule has 0 aliphatic carbocycles. The minimum absolute atomic E-state index is 0.00557. The molecule has 3 aromatic carbocycles. The monoisotopic (exact) mass is 461 g/mol. The van der Waals surface area contributed by atoms with Crippen LogP contribution in [-0.4, -0.2) is 29.4 Å². The van der Waals surface area contributed by atoms with E-state index in [1.165, 1.54) is 26.4 Å². The molecule has 0 saturated carbocycles. The number of phenolic OH excluding ortho intramolecular Hbond substituents is 2. The lowest BCUT2D eigenvalue weighted by Crippen LogP contribution is -2.34. The van der Waals surface area contributed by atoms with Crippen molar-refractivity contribution in [1.29, 1.82) is 0 Å². The smallest absolute Gasteiger partial charge is 0.269 e. The zero-order chi connectivity index (χ0) is 24.2. The highest BCUT2D eigenvalue weighted by atomic mass is 16.6. The van der Waals surface area contributed by atoms with E-state index < -0.39 is 4.92 Å². The summed E-state index contributed by atoms with van der Waals surface area (Å²) in [5.74, 6) is 0.797. The van der Waals surface area contributed by atoms with E-state index in [4.69, 9.17) is 9.47 Å². The molecule has 3 aromatic rings. The van der Waals surface area contributed by atoms with Gasteiger partial charge in [0.1, 0.15) is 0 Å². The molecule has 9 nitrogen and oxygen atoms in total. The lowest BCUT2D eigenvalue weighted by molar-refractivity contribution is -0.384. The predicted octanol–water partition coefficient (Wildman–Crippen LogP) is 4.69. The molecule has 1 atom stereocenters. The molecule has 4 rings (SSSR count). The number of rotatable bonds is 7. The van der Waals surface area contributed by atoms with Gasteiger partial charge in [0, 0.05) is 12.1 Å². The highest BCUT2D eigenvalue weighted by Gasteiger charge is 2.27. The van der Waals surface area contributed by atoms with Gasteiger partial charge < -0.3 is 19.7 Å². The molecule has 0 radical (unpaired) electrons. The van der Waals surface area contributed by atoms with E-state index in [1.807, 2.05) is 35.4 Å². The molecule has 0 aromatic heterocycles. The van der Waals surface area contributed by atoms with E-state index in [2.05, 4.69) is 5.43 Å². The molecule has 0 saturated heterocycles. The fourth-order valence-corrected chi connectivity index (χ4v) is 3.68. The van der Waals surface area contributed by atoms with Crippen molar-refractivity contribution < 1.29 is 24.6 Å². The molecule has 174 valence electrons. The van der Waals surface area contributed by atoms with Crippen molar-refractivity contribution in [2.24, 2.45) is 0 Å². The largest absolute Gasteiger partial charge is 0.504 e. The van der Waals surface area contributed by atoms with Crippen molar-refractivity contribution in [1.82, 2.24) is 5.43 Å². The Hall–Kier alpha value is -4.66. The summed E-state index contributed by atoms with van der Waals surface area (Å²) in [5, 5.41) is 33.2. The number of hydrazine groups is 1. The summed E-state index contributed by atoms with van der Waals surface area (Å²) in [6.45, 7) is 0. The maximum atomic E-state index is 11.0. The predicted molar refractivity (Wildman–Crippen MR) is 128 cm³/mol. The number of nitro groups is 1. The van der Waals surface area contributed by atoms with Gasteiger partial charge in [-0.3, -0.25) is 20.5 Å². The molecule has 0 bridgehead atoms. The quantitative estimate of drug-likeness (QED) is 0.343. The second-order valence-electron chi connectivity index (χ2n) is 7.52. The highest BCUT2D eigenvalue weighted by Crippen LogP contribution is 2.37. The molecule has 0 spiro atoms. The number of nitrogens with one attached hydrogen (secondary N) is 1. The van der Waals surface area contributed by atoms with Crippen LogP contribution in [0.3, 0.4) is 0 Å². The Kier molecular flexibility index (Phi) is 6.26. The van der Waals surface area contributed by atoms with Crippen LogP contribution in [0.1, 0.15) is 17.2 Å². The number of hydrogen-bond acceptors (Lipinski definition) is 8. The summed E-state index contributed by atoms with van der Waals surface area (Å²) in [6, 6.07) is 16.1. The molecule has 1 heterocycles. The first-order valence-corrected chi connectivity index (χ1v) is 10.3. The Bertz CT molecular complexity index is 1270. The number of methoxy groups -OCH3 is 2. The normalized spacial score (nSPS) is 15.2. The van der Waals surface area contributed by atoms with Crippen LogP contribution < -0.4 is 19.9 Å². The Morgan fingerprint density at radius 2 is 1.59 bits per heavy atom. The van der Waals surface area contributed by atoms with Gasteiger partial charge in [-0.05, 0) is 59.7 Å². The van der Waals surface area contributed by atoms with Crippen LogP contribution >= 0.6 is 0 Å². The van der Waals surface area contributed by atoms with Crippen LogP contribution in [0.2, 0.25) is 0 Å². The third-order valence-electron chi connectivity index (χ3n) is 5.41. The van der Waals surface area contributed by atoms with Gasteiger partial charge in [0.2, 0.25) is 0 Å². The molecule has 0 fully saturated rings. The minimum atomic E-state index is -0.448. The Balaban J connectivity index is 1.66. The van der Waals surface area contributed by atoms with Crippen LogP contribution in [0.4, 0.5) is 11.4 Å². The second-order valence-corrected chi connectivity index (χ2v) is 7.52. The van der Waals surface area contributed by atoms with E-state index >= 15 is 0 Å². The molecule has 34 heavy (non-hydrogen) atoms. The third-order valence-corrected chi connectivity index (χ3v) is 5.41. The van der Waals surface area contributed by atoms with E-state index in [1.54, 1.807) is 36.4 Å². The maximum Gasteiger partial charge on any atom is 0.269 e. The molecule has 1 aliphatic heterocycles. The number of nitro benzene ring substituents is 1. The summed E-state index contributed by atoms with van der Waals surface area (Å²) < 4.78 is 10.2. The van der Waals surface area contributed by atoms with Crippen molar-refractivity contribution in [3.05, 3.63) is 99.8 Å². The van der Waals surface area contributed by atoms with Gasteiger partial charge in [-0.1, -0.05) is 18.2 Å². The maximum absolute atomic E-state index is 11.0. The summed E-state index contributed by atoms with van der Waals surface area (Å²) >= 11 is 0. The number of allylic oxidation sites excluding steroid dienone is 1. The van der Waals surface area contributed by atoms with Crippen LogP contribution in [0, 0.1) is 10.1 Å². The van der Waals surface area contributed by atoms with E-state index in [9.17, 15) is 20.3 Å². The molecule has 3 N–H and O–H groups in total. The number of anilines is 1. The Morgan fingerprint density at radius 3 is 2.18 bits per heavy atom. The van der Waals surface area contributed by atoms with Gasteiger partial charge in [0.05, 0.1) is 36.6 Å².